The van der Waals surface area contributed by atoms with Gasteiger partial charge in [-0.25, -0.2) is 18.2 Å². The predicted molar refractivity (Wildman–Crippen MR) is 127 cm³/mol. The molecule has 2 amide bonds. The average Bonchev–Trinajstić information content (AvgIpc) is 3.24. The molecule has 1 heterocycles. The molecule has 4 rings (SSSR count). The number of para-hydroxylation sites is 1. The number of rotatable bonds is 6. The van der Waals surface area contributed by atoms with Crippen LogP contribution in [-0.4, -0.2) is 28.0 Å². The van der Waals surface area contributed by atoms with Crippen LogP contribution in [0.15, 0.2) is 65.8 Å². The van der Waals surface area contributed by atoms with Gasteiger partial charge in [0.2, 0.25) is 0 Å². The van der Waals surface area contributed by atoms with E-state index in [1.54, 1.807) is 48.5 Å². The van der Waals surface area contributed by atoms with Crippen molar-refractivity contribution in [3.63, 3.8) is 0 Å². The second kappa shape index (κ2) is 10.0. The molecule has 2 N–H and O–H groups in total. The molecule has 0 spiro atoms. The Morgan fingerprint density at radius 3 is 2.34 bits per heavy atom. The lowest BCUT2D eigenvalue weighted by atomic mass is 10.1. The van der Waals surface area contributed by atoms with E-state index in [4.69, 9.17) is 22.1 Å². The maximum Gasteiger partial charge on any atom is 0.281 e. The summed E-state index contributed by atoms with van der Waals surface area (Å²) in [4.78, 5) is 24.9. The van der Waals surface area contributed by atoms with Crippen molar-refractivity contribution in [2.24, 2.45) is 10.8 Å². The summed E-state index contributed by atoms with van der Waals surface area (Å²) >= 11 is 7.08. The molecule has 6 nitrogen and oxygen atoms in total. The zero-order valence-electron chi connectivity index (χ0n) is 18.0. The highest BCUT2D eigenvalue weighted by atomic mass is 35.5. The average molecular weight is 520 g/mol. The Labute approximate surface area is 207 Å². The number of carbonyl (C=O) groups excluding carboxylic acids is 2. The largest absolute Gasteiger partial charge is 0.481 e. The van der Waals surface area contributed by atoms with E-state index in [1.165, 1.54) is 6.92 Å². The highest BCUT2D eigenvalue weighted by Gasteiger charge is 2.38. The molecule has 11 heteroatoms. The van der Waals surface area contributed by atoms with Gasteiger partial charge in [-0.1, -0.05) is 53.7 Å². The molecule has 2 atom stereocenters. The summed E-state index contributed by atoms with van der Waals surface area (Å²) in [6.45, 7) is 1.46. The molecule has 0 aromatic heterocycles. The van der Waals surface area contributed by atoms with Crippen LogP contribution >= 0.6 is 23.4 Å². The van der Waals surface area contributed by atoms with Crippen LogP contribution in [-0.2, 0) is 4.79 Å². The zero-order chi connectivity index (χ0) is 25.3. The Bertz CT molecular complexity index is 1310. The topological polar surface area (TPSA) is 85.0 Å². The Morgan fingerprint density at radius 2 is 1.71 bits per heavy atom. The van der Waals surface area contributed by atoms with Crippen LogP contribution in [0.2, 0.25) is 5.02 Å². The summed E-state index contributed by atoms with van der Waals surface area (Å²) in [6, 6.07) is 14.0. The summed E-state index contributed by atoms with van der Waals surface area (Å²) < 4.78 is 48.1. The molecule has 3 aromatic rings. The van der Waals surface area contributed by atoms with E-state index in [0.29, 0.717) is 33.3 Å². The van der Waals surface area contributed by atoms with E-state index in [0.717, 1.165) is 16.8 Å². The number of ether oxygens (including phenoxy) is 1. The number of hydrogen-bond acceptors (Lipinski definition) is 5. The van der Waals surface area contributed by atoms with E-state index in [1.807, 2.05) is 0 Å². The van der Waals surface area contributed by atoms with Crippen molar-refractivity contribution in [1.29, 1.82) is 0 Å². The first-order chi connectivity index (χ1) is 16.7. The molecule has 1 aliphatic rings. The van der Waals surface area contributed by atoms with E-state index in [9.17, 15) is 22.8 Å². The summed E-state index contributed by atoms with van der Waals surface area (Å²) in [5, 5.41) is 5.13. The molecule has 0 fully saturated rings. The fourth-order valence-corrected chi connectivity index (χ4v) is 4.61. The third-order valence-corrected chi connectivity index (χ3v) is 6.52. The minimum atomic E-state index is -1.36. The van der Waals surface area contributed by atoms with Gasteiger partial charge in [0.15, 0.2) is 6.10 Å². The number of benzene rings is 3. The van der Waals surface area contributed by atoms with Crippen LogP contribution in [0, 0.1) is 17.5 Å². The van der Waals surface area contributed by atoms with E-state index in [2.05, 4.69) is 5.10 Å². The van der Waals surface area contributed by atoms with Crippen LogP contribution in [0.1, 0.15) is 33.8 Å². The maximum atomic E-state index is 14.5. The highest BCUT2D eigenvalue weighted by Crippen LogP contribution is 2.45. The number of nitrogens with two attached hydrogens (primary N) is 1. The molecule has 3 aromatic carbocycles. The van der Waals surface area contributed by atoms with Gasteiger partial charge in [-0.15, -0.1) is 0 Å². The summed E-state index contributed by atoms with van der Waals surface area (Å²) in [5.41, 5.74) is 5.36. The first kappa shape index (κ1) is 24.6. The number of amides is 2. The molecule has 0 bridgehead atoms. The lowest BCUT2D eigenvalue weighted by Gasteiger charge is -2.24. The smallest absolute Gasteiger partial charge is 0.281 e. The number of primary amides is 1. The normalized spacial score (nSPS) is 16.1. The Morgan fingerprint density at radius 1 is 1.09 bits per heavy atom. The van der Waals surface area contributed by atoms with Crippen molar-refractivity contribution in [2.75, 3.05) is 0 Å². The fraction of sp³-hybridized carbons (Fsp3) is 0.125. The first-order valence-electron chi connectivity index (χ1n) is 10.2. The predicted octanol–water partition coefficient (Wildman–Crippen LogP) is 5.26. The molecule has 35 heavy (non-hydrogen) atoms. The van der Waals surface area contributed by atoms with Gasteiger partial charge in [0.25, 0.3) is 11.8 Å². The zero-order valence-corrected chi connectivity index (χ0v) is 19.6. The minimum Gasteiger partial charge on any atom is -0.481 e. The molecule has 0 aliphatic carbocycles. The number of hydrazone groups is 1. The molecule has 180 valence electrons. The molecule has 0 radical (unpaired) electrons. The summed E-state index contributed by atoms with van der Waals surface area (Å²) in [5.74, 6) is -5.49. The number of halogens is 4. The SMILES string of the molecule is CC(Oc1ccccc1C1SC(c2ccc(Cl)cc2)=NN1C(=O)c1c(F)cc(F)cc1F)C(N)=O. The highest BCUT2D eigenvalue weighted by molar-refractivity contribution is 8.14. The van der Waals surface area contributed by atoms with Crippen LogP contribution in [0.3, 0.4) is 0 Å². The van der Waals surface area contributed by atoms with Gasteiger partial charge in [-0.05, 0) is 25.1 Å². The van der Waals surface area contributed by atoms with Crippen molar-refractivity contribution < 1.29 is 27.5 Å². The molecule has 0 saturated heterocycles. The Hall–Kier alpha value is -3.50. The first-order valence-corrected chi connectivity index (χ1v) is 11.5. The third-order valence-electron chi connectivity index (χ3n) is 5.05. The van der Waals surface area contributed by atoms with Gasteiger partial charge in [0.05, 0.1) is 0 Å². The van der Waals surface area contributed by atoms with Gasteiger partial charge in [-0.2, -0.15) is 5.10 Å². The monoisotopic (exact) mass is 519 g/mol. The van der Waals surface area contributed by atoms with Crippen molar-refractivity contribution in [3.05, 3.63) is 99.8 Å². The lowest BCUT2D eigenvalue weighted by molar-refractivity contribution is -0.124. The van der Waals surface area contributed by atoms with E-state index < -0.39 is 46.3 Å². The Kier molecular flexibility index (Phi) is 7.04. The second-order valence-electron chi connectivity index (χ2n) is 7.48. The van der Waals surface area contributed by atoms with Crippen LogP contribution in [0.5, 0.6) is 5.75 Å². The van der Waals surface area contributed by atoms with Gasteiger partial charge < -0.3 is 10.5 Å². The molecular formula is C24H17ClF3N3O3S. The number of carbonyl (C=O) groups is 2. The number of nitrogens with zero attached hydrogens (tertiary/aromatic N) is 2. The minimum absolute atomic E-state index is 0.224. The van der Waals surface area contributed by atoms with E-state index >= 15 is 0 Å². The van der Waals surface area contributed by atoms with Crippen molar-refractivity contribution in [2.45, 2.75) is 18.4 Å². The van der Waals surface area contributed by atoms with Crippen molar-refractivity contribution in [1.82, 2.24) is 5.01 Å². The van der Waals surface area contributed by atoms with Gasteiger partial charge in [-0.3, -0.25) is 9.59 Å². The third kappa shape index (κ3) is 5.13. The van der Waals surface area contributed by atoms with Crippen molar-refractivity contribution >= 4 is 40.2 Å². The number of thioether (sulfide) groups is 1. The molecular weight excluding hydrogens is 503 g/mol. The molecule has 2 unspecified atom stereocenters. The molecule has 0 saturated carbocycles. The standard InChI is InChI=1S/C24H17ClF3N3O3S/c1-12(21(29)32)34-19-5-3-2-4-16(19)24-31(23(33)20-17(27)10-15(26)11-18(20)28)30-22(35-24)13-6-8-14(25)9-7-13/h2-12,24H,1H3,(H2,29,32). The van der Waals surface area contributed by atoms with Crippen LogP contribution in [0.25, 0.3) is 0 Å². The van der Waals surface area contributed by atoms with Crippen LogP contribution < -0.4 is 10.5 Å². The van der Waals surface area contributed by atoms with Crippen LogP contribution in [0.4, 0.5) is 13.2 Å². The Balaban J connectivity index is 1.80. The van der Waals surface area contributed by atoms with Gasteiger partial charge in [0.1, 0.15) is 39.2 Å². The summed E-state index contributed by atoms with van der Waals surface area (Å²) in [6.07, 6.45) is -0.990. The van der Waals surface area contributed by atoms with E-state index in [-0.39, 0.29) is 5.75 Å². The van der Waals surface area contributed by atoms with Gasteiger partial charge >= 0.3 is 0 Å². The van der Waals surface area contributed by atoms with Crippen molar-refractivity contribution in [3.8, 4) is 5.75 Å². The maximum absolute atomic E-state index is 14.5. The quantitative estimate of drug-likeness (QED) is 0.481. The van der Waals surface area contributed by atoms with Gasteiger partial charge in [0, 0.05) is 28.3 Å². The second-order valence-corrected chi connectivity index (χ2v) is 8.98. The fourth-order valence-electron chi connectivity index (χ4n) is 3.30. The lowest BCUT2D eigenvalue weighted by Crippen LogP contribution is -2.32. The number of hydrogen-bond donors (Lipinski definition) is 1. The molecule has 1 aliphatic heterocycles. The summed E-state index contributed by atoms with van der Waals surface area (Å²) in [7, 11) is 0.